The lowest BCUT2D eigenvalue weighted by atomic mass is 9.94. The second kappa shape index (κ2) is 9.64. The zero-order chi connectivity index (χ0) is 24.2. The number of pyridine rings is 1. The van der Waals surface area contributed by atoms with E-state index in [-0.39, 0.29) is 5.91 Å². The molecular formula is C25H24N7O3+. The molecule has 3 heterocycles. The number of methoxy groups -OCH3 is 1. The van der Waals surface area contributed by atoms with Gasteiger partial charge in [-0.1, -0.05) is 36.4 Å². The predicted octanol–water partition coefficient (Wildman–Crippen LogP) is 3.00. The number of nitrogens with one attached hydrogen (secondary N) is 3. The molecule has 10 heteroatoms. The standard InChI is InChI=1S/C25H23N7O3/c1-16-22(24(33)28-19-9-6-12-26-14-19)23(32-25(27-16)29-30-31-32)18-10-11-20(21(13-18)34-2)35-15-17-7-4-3-5-8-17/h3-14,23H,15H2,1-2H3,(H2,27,28,29,31,33)/p+1. The predicted molar refractivity (Wildman–Crippen MR) is 128 cm³/mol. The molecule has 35 heavy (non-hydrogen) atoms. The quantitative estimate of drug-likeness (QED) is 0.355. The van der Waals surface area contributed by atoms with Gasteiger partial charge >= 0.3 is 5.95 Å². The summed E-state index contributed by atoms with van der Waals surface area (Å²) in [5.74, 6) is 1.37. The smallest absolute Gasteiger partial charge is 0.405 e. The van der Waals surface area contributed by atoms with Gasteiger partial charge in [0.2, 0.25) is 0 Å². The maximum atomic E-state index is 13.4. The molecule has 0 aliphatic carbocycles. The summed E-state index contributed by atoms with van der Waals surface area (Å²) < 4.78 is 13.3. The summed E-state index contributed by atoms with van der Waals surface area (Å²) >= 11 is 0. The molecule has 1 amide bonds. The largest absolute Gasteiger partial charge is 0.493 e. The van der Waals surface area contributed by atoms with Crippen LogP contribution in [0.2, 0.25) is 0 Å². The van der Waals surface area contributed by atoms with Crippen LogP contribution in [0.1, 0.15) is 24.1 Å². The number of carbonyl (C=O) groups excluding carboxylic acids is 1. The number of allylic oxidation sites excluding steroid dienone is 1. The Morgan fingerprint density at radius 3 is 2.74 bits per heavy atom. The lowest BCUT2D eigenvalue weighted by Gasteiger charge is -2.25. The molecule has 1 atom stereocenters. The summed E-state index contributed by atoms with van der Waals surface area (Å²) in [5, 5.41) is 16.9. The molecule has 176 valence electrons. The van der Waals surface area contributed by atoms with E-state index in [4.69, 9.17) is 9.47 Å². The van der Waals surface area contributed by atoms with Crippen molar-refractivity contribution >= 4 is 17.5 Å². The van der Waals surface area contributed by atoms with Crippen molar-refractivity contribution < 1.29 is 19.0 Å². The summed E-state index contributed by atoms with van der Waals surface area (Å²) in [7, 11) is 1.59. The van der Waals surface area contributed by atoms with Gasteiger partial charge in [-0.2, -0.15) is 0 Å². The Morgan fingerprint density at radius 1 is 1.11 bits per heavy atom. The number of aromatic nitrogens is 5. The first kappa shape index (κ1) is 22.1. The van der Waals surface area contributed by atoms with Crippen molar-refractivity contribution in [3.63, 3.8) is 0 Å². The van der Waals surface area contributed by atoms with Crippen LogP contribution < -0.4 is 24.8 Å². The maximum absolute atomic E-state index is 13.4. The number of hydrogen-bond donors (Lipinski definition) is 3. The number of anilines is 2. The van der Waals surface area contributed by atoms with Gasteiger partial charge in [0.1, 0.15) is 11.8 Å². The van der Waals surface area contributed by atoms with E-state index < -0.39 is 6.04 Å². The minimum atomic E-state index is -0.532. The summed E-state index contributed by atoms with van der Waals surface area (Å²) in [5.41, 5.74) is 3.60. The van der Waals surface area contributed by atoms with Crippen molar-refractivity contribution in [2.24, 2.45) is 0 Å². The lowest BCUT2D eigenvalue weighted by Crippen LogP contribution is -2.50. The minimum absolute atomic E-state index is 0.274. The first-order valence-electron chi connectivity index (χ1n) is 11.0. The number of ether oxygens (including phenoxy) is 2. The third-order valence-electron chi connectivity index (χ3n) is 5.66. The molecule has 1 aliphatic rings. The number of rotatable bonds is 7. The summed E-state index contributed by atoms with van der Waals surface area (Å²) in [6.07, 6.45) is 3.24. The molecule has 0 fully saturated rings. The van der Waals surface area contributed by atoms with E-state index in [1.807, 2.05) is 55.5 Å². The third-order valence-corrected chi connectivity index (χ3v) is 5.66. The van der Waals surface area contributed by atoms with Gasteiger partial charge in [-0.15, -0.1) is 9.90 Å². The van der Waals surface area contributed by atoms with Gasteiger partial charge < -0.3 is 14.8 Å². The fourth-order valence-electron chi connectivity index (χ4n) is 4.00. The third kappa shape index (κ3) is 4.54. The molecular weight excluding hydrogens is 446 g/mol. The molecule has 0 bridgehead atoms. The number of carbonyl (C=O) groups is 1. The number of fused-ring (bicyclic) bond motifs is 1. The van der Waals surface area contributed by atoms with Crippen LogP contribution in [0.15, 0.2) is 84.3 Å². The van der Waals surface area contributed by atoms with Gasteiger partial charge in [0.05, 0.1) is 35.4 Å². The molecule has 2 aromatic heterocycles. The highest BCUT2D eigenvalue weighted by atomic mass is 16.5. The minimum Gasteiger partial charge on any atom is -0.493 e. The Balaban J connectivity index is 1.48. The van der Waals surface area contributed by atoms with E-state index in [0.717, 1.165) is 11.1 Å². The topological polar surface area (TPSA) is 118 Å². The highest BCUT2D eigenvalue weighted by molar-refractivity contribution is 6.05. The number of H-pyrrole nitrogens is 1. The van der Waals surface area contributed by atoms with Crippen molar-refractivity contribution in [3.8, 4) is 11.5 Å². The molecule has 5 rings (SSSR count). The number of amides is 1. The van der Waals surface area contributed by atoms with E-state index in [9.17, 15) is 4.79 Å². The monoisotopic (exact) mass is 470 g/mol. The van der Waals surface area contributed by atoms with Crippen molar-refractivity contribution in [3.05, 3.63) is 95.5 Å². The fraction of sp³-hybridized carbons (Fsp3) is 0.160. The zero-order valence-corrected chi connectivity index (χ0v) is 19.2. The zero-order valence-electron chi connectivity index (χ0n) is 19.2. The van der Waals surface area contributed by atoms with E-state index >= 15 is 0 Å². The average Bonchev–Trinajstić information content (AvgIpc) is 3.35. The molecule has 0 spiro atoms. The van der Waals surface area contributed by atoms with E-state index in [2.05, 4.69) is 31.1 Å². The maximum Gasteiger partial charge on any atom is 0.405 e. The van der Waals surface area contributed by atoms with Gasteiger partial charge in [-0.05, 0) is 42.3 Å². The number of benzene rings is 2. The van der Waals surface area contributed by atoms with Crippen LogP contribution in [-0.4, -0.2) is 33.5 Å². The second-order valence-electron chi connectivity index (χ2n) is 7.94. The van der Waals surface area contributed by atoms with Crippen LogP contribution >= 0.6 is 0 Å². The van der Waals surface area contributed by atoms with E-state index in [1.54, 1.807) is 36.3 Å². The van der Waals surface area contributed by atoms with Crippen LogP contribution in [0.25, 0.3) is 0 Å². The van der Waals surface area contributed by atoms with E-state index in [0.29, 0.717) is 41.0 Å². The number of tetrazole rings is 1. The first-order chi connectivity index (χ1) is 17.1. The number of hydrogen-bond acceptors (Lipinski definition) is 7. The van der Waals surface area contributed by atoms with Crippen molar-refractivity contribution in [2.75, 3.05) is 17.7 Å². The van der Waals surface area contributed by atoms with Crippen molar-refractivity contribution in [1.82, 2.24) is 20.5 Å². The Hall–Kier alpha value is -4.73. The van der Waals surface area contributed by atoms with Gasteiger partial charge in [0, 0.05) is 6.20 Å². The van der Waals surface area contributed by atoms with Crippen LogP contribution in [0.3, 0.4) is 0 Å². The number of aromatic amines is 1. The fourth-order valence-corrected chi connectivity index (χ4v) is 4.00. The Labute approximate surface area is 201 Å². The van der Waals surface area contributed by atoms with Crippen molar-refractivity contribution in [1.29, 1.82) is 0 Å². The van der Waals surface area contributed by atoms with Gasteiger partial charge in [-0.3, -0.25) is 15.1 Å². The second-order valence-corrected chi connectivity index (χ2v) is 7.94. The van der Waals surface area contributed by atoms with Crippen LogP contribution in [0.4, 0.5) is 11.6 Å². The molecule has 0 saturated carbocycles. The highest BCUT2D eigenvalue weighted by Gasteiger charge is 2.38. The summed E-state index contributed by atoms with van der Waals surface area (Å²) in [6, 6.07) is 18.5. The molecule has 1 unspecified atom stereocenters. The normalized spacial score (nSPS) is 14.6. The highest BCUT2D eigenvalue weighted by Crippen LogP contribution is 2.35. The molecule has 0 saturated heterocycles. The molecule has 0 radical (unpaired) electrons. The van der Waals surface area contributed by atoms with Crippen LogP contribution in [-0.2, 0) is 11.4 Å². The molecule has 10 nitrogen and oxygen atoms in total. The van der Waals surface area contributed by atoms with E-state index in [1.165, 1.54) is 0 Å². The summed E-state index contributed by atoms with van der Waals surface area (Å²) in [6.45, 7) is 2.24. The Bertz CT molecular complexity index is 1370. The van der Waals surface area contributed by atoms with Gasteiger partial charge in [0.15, 0.2) is 17.5 Å². The van der Waals surface area contributed by atoms with Crippen LogP contribution in [0.5, 0.6) is 11.5 Å². The van der Waals surface area contributed by atoms with Crippen molar-refractivity contribution in [2.45, 2.75) is 19.6 Å². The molecule has 3 N–H and O–H groups in total. The number of nitrogens with zero attached hydrogens (tertiary/aromatic N) is 4. The van der Waals surface area contributed by atoms with Crippen LogP contribution in [0, 0.1) is 0 Å². The van der Waals surface area contributed by atoms with Gasteiger partial charge in [-0.25, -0.2) is 0 Å². The molecule has 2 aromatic carbocycles. The lowest BCUT2D eigenvalue weighted by molar-refractivity contribution is -0.750. The summed E-state index contributed by atoms with van der Waals surface area (Å²) in [4.78, 5) is 17.5. The molecule has 1 aliphatic heterocycles. The Kier molecular flexibility index (Phi) is 6.08. The molecule has 4 aromatic rings. The first-order valence-corrected chi connectivity index (χ1v) is 11.0. The Morgan fingerprint density at radius 2 is 1.97 bits per heavy atom. The van der Waals surface area contributed by atoms with Gasteiger partial charge in [0.25, 0.3) is 5.91 Å². The SMILES string of the molecule is COc1cc(C2C(C(=O)Nc3cccnc3)=C(C)Nc3nn[nH][n+]32)ccc1OCc1ccccc1. The average molecular weight is 471 g/mol.